The van der Waals surface area contributed by atoms with E-state index in [2.05, 4.69) is 33.8 Å². The average Bonchev–Trinajstić information content (AvgIpc) is 2.55. The summed E-state index contributed by atoms with van der Waals surface area (Å²) in [7, 11) is 0. The van der Waals surface area contributed by atoms with E-state index in [4.69, 9.17) is 4.74 Å². The van der Waals surface area contributed by atoms with Crippen LogP contribution in [-0.4, -0.2) is 12.4 Å². The molecule has 0 unspecified atom stereocenters. The summed E-state index contributed by atoms with van der Waals surface area (Å²) in [5, 5.41) is 2.12. The normalized spacial score (nSPS) is 21.7. The van der Waals surface area contributed by atoms with E-state index >= 15 is 0 Å². The van der Waals surface area contributed by atoms with E-state index in [1.54, 1.807) is 0 Å². The zero-order valence-corrected chi connectivity index (χ0v) is 15.3. The molecule has 0 bridgehead atoms. The average molecular weight is 324 g/mol. The second-order valence-electron chi connectivity index (χ2n) is 8.23. The third kappa shape index (κ3) is 3.33. The standard InChI is InChI=1S/C22H28O2/c1-15-13-21(20(14-23)19-8-6-5-7-18(15)19)24-17-11-9-16(10-12-17)22(2,3)4/h5-8,13-14,16-17H,9-12H2,1-4H3/t16-,17+. The topological polar surface area (TPSA) is 26.3 Å². The van der Waals surface area contributed by atoms with Crippen molar-refractivity contribution in [1.82, 2.24) is 0 Å². The first-order valence-corrected chi connectivity index (χ1v) is 9.04. The quantitative estimate of drug-likeness (QED) is 0.653. The monoisotopic (exact) mass is 324 g/mol. The molecule has 0 heterocycles. The van der Waals surface area contributed by atoms with Crippen LogP contribution in [0, 0.1) is 18.3 Å². The van der Waals surface area contributed by atoms with Gasteiger partial charge in [0, 0.05) is 0 Å². The number of rotatable bonds is 3. The molecule has 0 spiro atoms. The first kappa shape index (κ1) is 17.0. The molecular formula is C22H28O2. The van der Waals surface area contributed by atoms with Gasteiger partial charge < -0.3 is 4.74 Å². The molecule has 2 heteroatoms. The van der Waals surface area contributed by atoms with Gasteiger partial charge in [-0.1, -0.05) is 45.0 Å². The Kier molecular flexibility index (Phi) is 4.67. The fourth-order valence-corrected chi connectivity index (χ4v) is 3.99. The molecular weight excluding hydrogens is 296 g/mol. The van der Waals surface area contributed by atoms with Gasteiger partial charge in [-0.05, 0) is 66.3 Å². The molecule has 2 nitrogen and oxygen atoms in total. The number of fused-ring (bicyclic) bond motifs is 1. The zero-order valence-electron chi connectivity index (χ0n) is 15.3. The van der Waals surface area contributed by atoms with Crippen molar-refractivity contribution in [3.8, 4) is 5.75 Å². The van der Waals surface area contributed by atoms with Gasteiger partial charge in [-0.2, -0.15) is 0 Å². The molecule has 1 aliphatic rings. The smallest absolute Gasteiger partial charge is 0.154 e. The summed E-state index contributed by atoms with van der Waals surface area (Å²) in [6, 6.07) is 10.1. The lowest BCUT2D eigenvalue weighted by atomic mass is 9.72. The molecule has 0 saturated heterocycles. The van der Waals surface area contributed by atoms with Crippen LogP contribution in [0.3, 0.4) is 0 Å². The molecule has 1 fully saturated rings. The van der Waals surface area contributed by atoms with Crippen LogP contribution in [0.1, 0.15) is 62.4 Å². The van der Waals surface area contributed by atoms with E-state index in [0.29, 0.717) is 11.0 Å². The summed E-state index contributed by atoms with van der Waals surface area (Å²) in [5.41, 5.74) is 2.22. The van der Waals surface area contributed by atoms with Gasteiger partial charge in [0.2, 0.25) is 0 Å². The van der Waals surface area contributed by atoms with Crippen LogP contribution in [0.5, 0.6) is 5.75 Å². The minimum Gasteiger partial charge on any atom is -0.490 e. The van der Waals surface area contributed by atoms with E-state index in [0.717, 1.165) is 47.1 Å². The van der Waals surface area contributed by atoms with Crippen molar-refractivity contribution >= 4 is 17.1 Å². The molecule has 0 radical (unpaired) electrons. The number of carbonyl (C=O) groups excluding carboxylic acids is 1. The highest BCUT2D eigenvalue weighted by molar-refractivity contribution is 6.02. The zero-order chi connectivity index (χ0) is 17.3. The van der Waals surface area contributed by atoms with E-state index in [1.165, 1.54) is 12.8 Å². The van der Waals surface area contributed by atoms with Crippen LogP contribution in [0.25, 0.3) is 10.8 Å². The Labute approximate surface area is 145 Å². The third-order valence-electron chi connectivity index (χ3n) is 5.57. The summed E-state index contributed by atoms with van der Waals surface area (Å²) >= 11 is 0. The van der Waals surface area contributed by atoms with Crippen molar-refractivity contribution in [2.24, 2.45) is 11.3 Å². The summed E-state index contributed by atoms with van der Waals surface area (Å²) in [4.78, 5) is 11.7. The highest BCUT2D eigenvalue weighted by atomic mass is 16.5. The second-order valence-corrected chi connectivity index (χ2v) is 8.23. The number of aldehydes is 1. The predicted octanol–water partition coefficient (Wildman–Crippen LogP) is 5.94. The van der Waals surface area contributed by atoms with Gasteiger partial charge in [-0.15, -0.1) is 0 Å². The lowest BCUT2D eigenvalue weighted by Crippen LogP contribution is -2.30. The molecule has 128 valence electrons. The Balaban J connectivity index is 1.82. The highest BCUT2D eigenvalue weighted by Crippen LogP contribution is 2.39. The van der Waals surface area contributed by atoms with Crippen molar-refractivity contribution in [2.45, 2.75) is 59.5 Å². The van der Waals surface area contributed by atoms with Crippen molar-refractivity contribution < 1.29 is 9.53 Å². The number of benzene rings is 2. The SMILES string of the molecule is Cc1cc(O[C@H]2CC[C@@H](C(C)(C)C)CC2)c(C=O)c2ccccc12. The largest absolute Gasteiger partial charge is 0.490 e. The van der Waals surface area contributed by atoms with Gasteiger partial charge in [0.1, 0.15) is 5.75 Å². The lowest BCUT2D eigenvalue weighted by Gasteiger charge is -2.37. The molecule has 0 amide bonds. The van der Waals surface area contributed by atoms with E-state index in [1.807, 2.05) is 24.3 Å². The molecule has 0 aliphatic heterocycles. The molecule has 0 atom stereocenters. The maximum atomic E-state index is 11.7. The maximum Gasteiger partial charge on any atom is 0.154 e. The molecule has 2 aromatic rings. The minimum atomic E-state index is 0.225. The Morgan fingerprint density at radius 3 is 2.25 bits per heavy atom. The molecule has 3 rings (SSSR count). The predicted molar refractivity (Wildman–Crippen MR) is 99.9 cm³/mol. The molecule has 1 aliphatic carbocycles. The Bertz CT molecular complexity index is 731. The Morgan fingerprint density at radius 1 is 1.04 bits per heavy atom. The van der Waals surface area contributed by atoms with Gasteiger partial charge in [0.05, 0.1) is 11.7 Å². The summed E-state index contributed by atoms with van der Waals surface area (Å²) in [5.74, 6) is 1.52. The molecule has 0 N–H and O–H groups in total. The number of carbonyl (C=O) groups is 1. The lowest BCUT2D eigenvalue weighted by molar-refractivity contribution is 0.0871. The van der Waals surface area contributed by atoms with Gasteiger partial charge in [-0.3, -0.25) is 4.79 Å². The van der Waals surface area contributed by atoms with Crippen molar-refractivity contribution in [3.05, 3.63) is 41.5 Å². The molecule has 0 aromatic heterocycles. The minimum absolute atomic E-state index is 0.225. The van der Waals surface area contributed by atoms with Crippen LogP contribution >= 0.6 is 0 Å². The number of aryl methyl sites for hydroxylation is 1. The van der Waals surface area contributed by atoms with Gasteiger partial charge in [-0.25, -0.2) is 0 Å². The van der Waals surface area contributed by atoms with Crippen LogP contribution < -0.4 is 4.74 Å². The molecule has 1 saturated carbocycles. The summed E-state index contributed by atoms with van der Waals surface area (Å²) in [6.07, 6.45) is 5.73. The fraction of sp³-hybridized carbons (Fsp3) is 0.500. The van der Waals surface area contributed by atoms with Crippen LogP contribution in [0.4, 0.5) is 0 Å². The van der Waals surface area contributed by atoms with Crippen LogP contribution in [0.2, 0.25) is 0 Å². The maximum absolute atomic E-state index is 11.7. The van der Waals surface area contributed by atoms with Crippen molar-refractivity contribution in [3.63, 3.8) is 0 Å². The molecule has 24 heavy (non-hydrogen) atoms. The number of hydrogen-bond donors (Lipinski definition) is 0. The van der Waals surface area contributed by atoms with E-state index in [-0.39, 0.29) is 6.10 Å². The third-order valence-corrected chi connectivity index (χ3v) is 5.57. The number of hydrogen-bond acceptors (Lipinski definition) is 2. The summed E-state index contributed by atoms with van der Waals surface area (Å²) < 4.78 is 6.30. The van der Waals surface area contributed by atoms with E-state index in [9.17, 15) is 4.79 Å². The van der Waals surface area contributed by atoms with E-state index < -0.39 is 0 Å². The number of ether oxygens (including phenoxy) is 1. The van der Waals surface area contributed by atoms with Gasteiger partial charge in [0.25, 0.3) is 0 Å². The summed E-state index contributed by atoms with van der Waals surface area (Å²) in [6.45, 7) is 9.07. The van der Waals surface area contributed by atoms with Crippen molar-refractivity contribution in [2.75, 3.05) is 0 Å². The highest BCUT2D eigenvalue weighted by Gasteiger charge is 2.30. The molecule has 2 aromatic carbocycles. The van der Waals surface area contributed by atoms with Gasteiger partial charge in [0.15, 0.2) is 6.29 Å². The van der Waals surface area contributed by atoms with Crippen LogP contribution in [-0.2, 0) is 0 Å². The van der Waals surface area contributed by atoms with Crippen molar-refractivity contribution in [1.29, 1.82) is 0 Å². The Hall–Kier alpha value is -1.83. The first-order chi connectivity index (χ1) is 11.4. The van der Waals surface area contributed by atoms with Crippen LogP contribution in [0.15, 0.2) is 30.3 Å². The fourth-order valence-electron chi connectivity index (χ4n) is 3.99. The first-order valence-electron chi connectivity index (χ1n) is 9.04. The Morgan fingerprint density at radius 2 is 1.67 bits per heavy atom. The van der Waals surface area contributed by atoms with Gasteiger partial charge >= 0.3 is 0 Å². The second kappa shape index (κ2) is 6.58.